The number of nitrogens with one attached hydrogen (secondary N) is 2. The van der Waals surface area contributed by atoms with E-state index in [0.717, 1.165) is 21.8 Å². The van der Waals surface area contributed by atoms with Crippen molar-refractivity contribution in [2.45, 2.75) is 18.5 Å². The number of benzene rings is 2. The van der Waals surface area contributed by atoms with Crippen molar-refractivity contribution in [1.29, 1.82) is 0 Å². The van der Waals surface area contributed by atoms with Crippen molar-refractivity contribution in [2.75, 3.05) is 6.61 Å². The van der Waals surface area contributed by atoms with Gasteiger partial charge in [-0.1, -0.05) is 60.3 Å². The van der Waals surface area contributed by atoms with Gasteiger partial charge < -0.3 is 15.0 Å². The van der Waals surface area contributed by atoms with Gasteiger partial charge in [0.2, 0.25) is 0 Å². The Morgan fingerprint density at radius 1 is 1.12 bits per heavy atom. The number of thioether (sulfide) groups is 1. The molecule has 0 fully saturated rings. The quantitative estimate of drug-likeness (QED) is 0.692. The summed E-state index contributed by atoms with van der Waals surface area (Å²) >= 11 is 1.44. The molecule has 0 unspecified atom stereocenters. The summed E-state index contributed by atoms with van der Waals surface area (Å²) in [5.74, 6) is -0.301. The summed E-state index contributed by atoms with van der Waals surface area (Å²) < 4.78 is 5.31. The van der Waals surface area contributed by atoms with E-state index in [-0.39, 0.29) is 5.97 Å². The number of H-pyrrole nitrogens is 1. The molecule has 0 bridgehead atoms. The summed E-state index contributed by atoms with van der Waals surface area (Å²) in [5, 5.41) is 5.62. The first kappa shape index (κ1) is 15.8. The topological polar surface area (TPSA) is 54.1 Å². The molecule has 0 spiro atoms. The summed E-state index contributed by atoms with van der Waals surface area (Å²) in [6, 6.07) is 18.1. The number of hydrogen-bond donors (Lipinski definition) is 2. The molecule has 5 heteroatoms. The van der Waals surface area contributed by atoms with Gasteiger partial charge in [-0.15, -0.1) is 0 Å². The lowest BCUT2D eigenvalue weighted by Gasteiger charge is -2.13. The standard InChI is InChI=1S/C20H18N2O2S/c1-2-24-20(23)18-17(13-8-4-3-5-9-13)21-12-15-14-10-6-7-11-16(14)22-19(15)25-18/h3-11,21-22H,2,12H2,1H3. The zero-order valence-corrected chi connectivity index (χ0v) is 14.7. The van der Waals surface area contributed by atoms with E-state index in [0.29, 0.717) is 18.1 Å². The van der Waals surface area contributed by atoms with Crippen LogP contribution in [0.15, 0.2) is 64.5 Å². The van der Waals surface area contributed by atoms with Crippen LogP contribution >= 0.6 is 11.8 Å². The second kappa shape index (κ2) is 6.69. The van der Waals surface area contributed by atoms with Gasteiger partial charge in [0, 0.05) is 23.0 Å². The first-order valence-corrected chi connectivity index (χ1v) is 9.07. The Hall–Kier alpha value is -2.66. The molecule has 1 aliphatic heterocycles. The van der Waals surface area contributed by atoms with Crippen LogP contribution in [-0.2, 0) is 16.1 Å². The van der Waals surface area contributed by atoms with Crippen molar-refractivity contribution in [3.05, 3.63) is 70.6 Å². The number of para-hydroxylation sites is 1. The predicted octanol–water partition coefficient (Wildman–Crippen LogP) is 4.30. The van der Waals surface area contributed by atoms with E-state index in [1.165, 1.54) is 22.7 Å². The molecule has 3 aromatic rings. The molecule has 0 aliphatic carbocycles. The molecule has 4 nitrogen and oxygen atoms in total. The van der Waals surface area contributed by atoms with Crippen molar-refractivity contribution in [3.63, 3.8) is 0 Å². The first-order valence-electron chi connectivity index (χ1n) is 8.26. The fraction of sp³-hybridized carbons (Fsp3) is 0.150. The van der Waals surface area contributed by atoms with Gasteiger partial charge in [-0.2, -0.15) is 0 Å². The van der Waals surface area contributed by atoms with E-state index in [9.17, 15) is 4.79 Å². The number of rotatable bonds is 3. The Morgan fingerprint density at radius 3 is 2.68 bits per heavy atom. The number of aromatic nitrogens is 1. The van der Waals surface area contributed by atoms with Crippen molar-refractivity contribution in [1.82, 2.24) is 10.3 Å². The fourth-order valence-corrected chi connectivity index (χ4v) is 4.13. The van der Waals surface area contributed by atoms with E-state index < -0.39 is 0 Å². The van der Waals surface area contributed by atoms with Crippen molar-refractivity contribution < 1.29 is 9.53 Å². The molecule has 0 atom stereocenters. The molecule has 2 aromatic carbocycles. The molecule has 4 rings (SSSR count). The minimum Gasteiger partial charge on any atom is -0.462 e. The van der Waals surface area contributed by atoms with Crippen molar-refractivity contribution in [2.24, 2.45) is 0 Å². The number of ether oxygens (including phenoxy) is 1. The van der Waals surface area contributed by atoms with Crippen LogP contribution in [0.25, 0.3) is 16.6 Å². The van der Waals surface area contributed by atoms with Gasteiger partial charge >= 0.3 is 5.97 Å². The van der Waals surface area contributed by atoms with E-state index in [2.05, 4.69) is 22.4 Å². The zero-order chi connectivity index (χ0) is 17.2. The maximum absolute atomic E-state index is 12.6. The highest BCUT2D eigenvalue weighted by molar-refractivity contribution is 8.04. The molecular weight excluding hydrogens is 332 g/mol. The number of hydrogen-bond acceptors (Lipinski definition) is 4. The van der Waals surface area contributed by atoms with Crippen LogP contribution < -0.4 is 5.32 Å². The van der Waals surface area contributed by atoms with E-state index >= 15 is 0 Å². The van der Waals surface area contributed by atoms with Crippen molar-refractivity contribution >= 4 is 34.3 Å². The molecule has 0 radical (unpaired) electrons. The summed E-state index contributed by atoms with van der Waals surface area (Å²) in [7, 11) is 0. The lowest BCUT2D eigenvalue weighted by Crippen LogP contribution is -2.16. The van der Waals surface area contributed by atoms with Crippen LogP contribution in [-0.4, -0.2) is 17.6 Å². The summed E-state index contributed by atoms with van der Waals surface area (Å²) in [6.45, 7) is 2.83. The number of carbonyl (C=O) groups is 1. The van der Waals surface area contributed by atoms with Gasteiger partial charge in [-0.05, 0) is 18.6 Å². The van der Waals surface area contributed by atoms with Gasteiger partial charge in [0.1, 0.15) is 4.91 Å². The fourth-order valence-electron chi connectivity index (χ4n) is 3.03. The van der Waals surface area contributed by atoms with Gasteiger partial charge in [0.05, 0.1) is 17.3 Å². The van der Waals surface area contributed by atoms with Crippen LogP contribution in [0.3, 0.4) is 0 Å². The molecule has 2 heterocycles. The van der Waals surface area contributed by atoms with Crippen LogP contribution in [0.5, 0.6) is 0 Å². The summed E-state index contributed by atoms with van der Waals surface area (Å²) in [4.78, 5) is 16.6. The first-order chi connectivity index (χ1) is 12.3. The molecule has 25 heavy (non-hydrogen) atoms. The number of fused-ring (bicyclic) bond motifs is 3. The number of aromatic amines is 1. The van der Waals surface area contributed by atoms with Crippen LogP contribution in [0, 0.1) is 0 Å². The molecule has 1 aromatic heterocycles. The highest BCUT2D eigenvalue weighted by Crippen LogP contribution is 2.39. The second-order valence-corrected chi connectivity index (χ2v) is 6.75. The van der Waals surface area contributed by atoms with Gasteiger partial charge in [0.15, 0.2) is 0 Å². The molecule has 0 amide bonds. The molecule has 0 saturated heterocycles. The minimum atomic E-state index is -0.301. The van der Waals surface area contributed by atoms with E-state index in [1.807, 2.05) is 49.4 Å². The van der Waals surface area contributed by atoms with Crippen LogP contribution in [0.4, 0.5) is 0 Å². The molecular formula is C20H18N2O2S. The summed E-state index contributed by atoms with van der Waals surface area (Å²) in [6.07, 6.45) is 0. The Bertz CT molecular complexity index is 960. The van der Waals surface area contributed by atoms with Crippen LogP contribution in [0.2, 0.25) is 0 Å². The molecule has 2 N–H and O–H groups in total. The average Bonchev–Trinajstić information content (AvgIpc) is 2.88. The maximum atomic E-state index is 12.6. The monoisotopic (exact) mass is 350 g/mol. The molecule has 126 valence electrons. The number of carbonyl (C=O) groups excluding carboxylic acids is 1. The third kappa shape index (κ3) is 2.91. The lowest BCUT2D eigenvalue weighted by atomic mass is 10.1. The predicted molar refractivity (Wildman–Crippen MR) is 101 cm³/mol. The molecule has 0 saturated carbocycles. The number of esters is 1. The van der Waals surface area contributed by atoms with Gasteiger partial charge in [-0.25, -0.2) is 4.79 Å². The SMILES string of the molecule is CCOC(=O)C1=C(c2ccccc2)NCc2c([nH]c3ccccc23)S1. The Kier molecular flexibility index (Phi) is 4.24. The minimum absolute atomic E-state index is 0.301. The van der Waals surface area contributed by atoms with Gasteiger partial charge in [-0.3, -0.25) is 0 Å². The average molecular weight is 350 g/mol. The third-order valence-corrected chi connectivity index (χ3v) is 5.30. The van der Waals surface area contributed by atoms with Crippen molar-refractivity contribution in [3.8, 4) is 0 Å². The zero-order valence-electron chi connectivity index (χ0n) is 13.8. The normalized spacial score (nSPS) is 14.0. The summed E-state index contributed by atoms with van der Waals surface area (Å²) in [5.41, 5.74) is 4.05. The smallest absolute Gasteiger partial charge is 0.347 e. The maximum Gasteiger partial charge on any atom is 0.347 e. The Balaban J connectivity index is 1.84. The Labute approximate surface area is 150 Å². The second-order valence-electron chi connectivity index (χ2n) is 5.72. The van der Waals surface area contributed by atoms with E-state index in [1.54, 1.807) is 0 Å². The Morgan fingerprint density at radius 2 is 1.88 bits per heavy atom. The lowest BCUT2D eigenvalue weighted by molar-refractivity contribution is -0.137. The van der Waals surface area contributed by atoms with E-state index in [4.69, 9.17) is 4.74 Å². The largest absolute Gasteiger partial charge is 0.462 e. The van der Waals surface area contributed by atoms with Gasteiger partial charge in [0.25, 0.3) is 0 Å². The molecule has 1 aliphatic rings. The van der Waals surface area contributed by atoms with Crippen LogP contribution in [0.1, 0.15) is 18.1 Å². The highest BCUT2D eigenvalue weighted by atomic mass is 32.2. The third-order valence-electron chi connectivity index (χ3n) is 4.17. The highest BCUT2D eigenvalue weighted by Gasteiger charge is 2.26.